The number of hydrogen-bond acceptors (Lipinski definition) is 4. The lowest BCUT2D eigenvalue weighted by atomic mass is 10.1. The predicted molar refractivity (Wildman–Crippen MR) is 82.9 cm³/mol. The summed E-state index contributed by atoms with van der Waals surface area (Å²) in [6.45, 7) is 7.03. The van der Waals surface area contributed by atoms with Crippen LogP contribution in [-0.2, 0) is 13.6 Å². The van der Waals surface area contributed by atoms with Crippen molar-refractivity contribution in [2.75, 3.05) is 0 Å². The van der Waals surface area contributed by atoms with E-state index >= 15 is 0 Å². The van der Waals surface area contributed by atoms with Gasteiger partial charge < -0.3 is 10.4 Å². The Balaban J connectivity index is 1.87. The molecule has 2 rings (SSSR count). The smallest absolute Gasteiger partial charge is 0.0896 e. The number of rotatable bonds is 6. The summed E-state index contributed by atoms with van der Waals surface area (Å²) in [5.74, 6) is 0. The highest BCUT2D eigenvalue weighted by molar-refractivity contribution is 7.10. The first kappa shape index (κ1) is 15.2. The normalized spacial score (nSPS) is 14.4. The number of nitrogens with one attached hydrogen (secondary N) is 1. The zero-order valence-corrected chi connectivity index (χ0v) is 13.4. The molecule has 0 amide bonds. The van der Waals surface area contributed by atoms with Crippen LogP contribution in [0.4, 0.5) is 0 Å². The second-order valence-corrected chi connectivity index (χ2v) is 6.30. The third-order valence-electron chi connectivity index (χ3n) is 3.73. The van der Waals surface area contributed by atoms with E-state index in [0.29, 0.717) is 0 Å². The van der Waals surface area contributed by atoms with Crippen molar-refractivity contribution >= 4 is 11.3 Å². The minimum Gasteiger partial charge on any atom is -0.388 e. The molecule has 0 aliphatic rings. The molecule has 20 heavy (non-hydrogen) atoms. The SMILES string of the molecule is Cc1nn(C)c(C)c1CN[C@@H](C)C[C@H](O)c1cccs1. The highest BCUT2D eigenvalue weighted by Crippen LogP contribution is 2.23. The molecular formula is C15H23N3OS. The summed E-state index contributed by atoms with van der Waals surface area (Å²) >= 11 is 1.60. The van der Waals surface area contributed by atoms with Crippen molar-refractivity contribution in [2.45, 2.75) is 45.9 Å². The van der Waals surface area contributed by atoms with Crippen LogP contribution in [0.3, 0.4) is 0 Å². The zero-order valence-electron chi connectivity index (χ0n) is 12.6. The van der Waals surface area contributed by atoms with E-state index < -0.39 is 0 Å². The van der Waals surface area contributed by atoms with Crippen LogP contribution in [0.25, 0.3) is 0 Å². The molecule has 0 aromatic carbocycles. The highest BCUT2D eigenvalue weighted by atomic mass is 32.1. The number of aromatic nitrogens is 2. The molecule has 0 saturated heterocycles. The fourth-order valence-electron chi connectivity index (χ4n) is 2.36. The van der Waals surface area contributed by atoms with Gasteiger partial charge >= 0.3 is 0 Å². The van der Waals surface area contributed by atoms with Gasteiger partial charge in [-0.25, -0.2) is 0 Å². The van der Waals surface area contributed by atoms with E-state index in [1.807, 2.05) is 36.2 Å². The maximum Gasteiger partial charge on any atom is 0.0896 e. The molecule has 2 atom stereocenters. The van der Waals surface area contributed by atoms with Crippen LogP contribution in [0.2, 0.25) is 0 Å². The van der Waals surface area contributed by atoms with Crippen molar-refractivity contribution < 1.29 is 5.11 Å². The summed E-state index contributed by atoms with van der Waals surface area (Å²) in [4.78, 5) is 1.03. The Bertz CT molecular complexity index is 548. The Kier molecular flexibility index (Phi) is 4.96. The summed E-state index contributed by atoms with van der Waals surface area (Å²) < 4.78 is 1.91. The molecule has 5 heteroatoms. The van der Waals surface area contributed by atoms with E-state index in [-0.39, 0.29) is 12.1 Å². The highest BCUT2D eigenvalue weighted by Gasteiger charge is 2.15. The second-order valence-electron chi connectivity index (χ2n) is 5.32. The lowest BCUT2D eigenvalue weighted by molar-refractivity contribution is 0.157. The van der Waals surface area contributed by atoms with Crippen molar-refractivity contribution in [1.29, 1.82) is 0 Å². The van der Waals surface area contributed by atoms with Crippen LogP contribution in [0.15, 0.2) is 17.5 Å². The summed E-state index contributed by atoms with van der Waals surface area (Å²) in [6, 6.07) is 4.22. The largest absolute Gasteiger partial charge is 0.388 e. The van der Waals surface area contributed by atoms with Gasteiger partial charge in [0.25, 0.3) is 0 Å². The molecule has 0 fully saturated rings. The van der Waals surface area contributed by atoms with Gasteiger partial charge in [-0.15, -0.1) is 11.3 Å². The van der Waals surface area contributed by atoms with Gasteiger partial charge in [-0.1, -0.05) is 6.07 Å². The summed E-state index contributed by atoms with van der Waals surface area (Å²) in [6.07, 6.45) is 0.340. The zero-order chi connectivity index (χ0) is 14.7. The average Bonchev–Trinajstić information content (AvgIpc) is 2.98. The fourth-order valence-corrected chi connectivity index (χ4v) is 3.09. The fraction of sp³-hybridized carbons (Fsp3) is 0.533. The first-order valence-electron chi connectivity index (χ1n) is 6.93. The maximum absolute atomic E-state index is 10.1. The summed E-state index contributed by atoms with van der Waals surface area (Å²) in [7, 11) is 1.97. The number of thiophene rings is 1. The standard InChI is InChI=1S/C15H23N3OS/c1-10(8-14(19)15-6-5-7-20-15)16-9-13-11(2)17-18(4)12(13)3/h5-7,10,14,16,19H,8-9H2,1-4H3/t10-,14-/m0/s1. The average molecular weight is 293 g/mol. The summed E-state index contributed by atoms with van der Waals surface area (Å²) in [5, 5.41) is 20.0. The minimum atomic E-state index is -0.381. The number of aliphatic hydroxyl groups is 1. The van der Waals surface area contributed by atoms with Gasteiger partial charge in [-0.3, -0.25) is 4.68 Å². The van der Waals surface area contributed by atoms with Crippen molar-refractivity contribution in [3.05, 3.63) is 39.3 Å². The Morgan fingerprint density at radius 2 is 2.20 bits per heavy atom. The Hall–Kier alpha value is -1.17. The third-order valence-corrected chi connectivity index (χ3v) is 4.71. The topological polar surface area (TPSA) is 50.1 Å². The van der Waals surface area contributed by atoms with E-state index in [1.165, 1.54) is 11.3 Å². The van der Waals surface area contributed by atoms with Crippen LogP contribution in [-0.4, -0.2) is 20.9 Å². The van der Waals surface area contributed by atoms with Crippen LogP contribution in [0.5, 0.6) is 0 Å². The van der Waals surface area contributed by atoms with Gasteiger partial charge in [0.15, 0.2) is 0 Å². The molecule has 2 N–H and O–H groups in total. The molecule has 0 radical (unpaired) electrons. The van der Waals surface area contributed by atoms with Crippen LogP contribution >= 0.6 is 11.3 Å². The van der Waals surface area contributed by atoms with E-state index in [9.17, 15) is 5.11 Å². The first-order chi connectivity index (χ1) is 9.49. The second kappa shape index (κ2) is 6.52. The lowest BCUT2D eigenvalue weighted by Crippen LogP contribution is -2.27. The lowest BCUT2D eigenvalue weighted by Gasteiger charge is -2.17. The molecule has 0 spiro atoms. The van der Waals surface area contributed by atoms with Crippen molar-refractivity contribution in [2.24, 2.45) is 7.05 Å². The van der Waals surface area contributed by atoms with Gasteiger partial charge in [0.1, 0.15) is 0 Å². The van der Waals surface area contributed by atoms with Crippen LogP contribution in [0, 0.1) is 13.8 Å². The van der Waals surface area contributed by atoms with Crippen LogP contribution in [0.1, 0.15) is 41.3 Å². The molecule has 0 aliphatic heterocycles. The minimum absolute atomic E-state index is 0.256. The van der Waals surface area contributed by atoms with E-state index in [4.69, 9.17) is 0 Å². The van der Waals surface area contributed by atoms with Crippen LogP contribution < -0.4 is 5.32 Å². The molecule has 0 unspecified atom stereocenters. The van der Waals surface area contributed by atoms with Gasteiger partial charge in [-0.2, -0.15) is 5.10 Å². The molecule has 0 bridgehead atoms. The van der Waals surface area contributed by atoms with Crippen molar-refractivity contribution in [1.82, 2.24) is 15.1 Å². The molecule has 110 valence electrons. The molecule has 0 aliphatic carbocycles. The Labute approximate surface area is 124 Å². The molecule has 0 saturated carbocycles. The molecule has 2 aromatic heterocycles. The number of aliphatic hydroxyl groups excluding tert-OH is 1. The third kappa shape index (κ3) is 3.48. The maximum atomic E-state index is 10.1. The van der Waals surface area contributed by atoms with Crippen molar-refractivity contribution in [3.63, 3.8) is 0 Å². The predicted octanol–water partition coefficient (Wildman–Crippen LogP) is 2.70. The Morgan fingerprint density at radius 1 is 1.45 bits per heavy atom. The van der Waals surface area contributed by atoms with E-state index in [0.717, 1.165) is 23.5 Å². The molecule has 2 aromatic rings. The van der Waals surface area contributed by atoms with Gasteiger partial charge in [0, 0.05) is 35.8 Å². The first-order valence-corrected chi connectivity index (χ1v) is 7.81. The Morgan fingerprint density at radius 3 is 2.75 bits per heavy atom. The van der Waals surface area contributed by atoms with E-state index in [1.54, 1.807) is 11.3 Å². The van der Waals surface area contributed by atoms with Crippen molar-refractivity contribution in [3.8, 4) is 0 Å². The molecule has 2 heterocycles. The van der Waals surface area contributed by atoms with Gasteiger partial charge in [0.2, 0.25) is 0 Å². The van der Waals surface area contributed by atoms with Gasteiger partial charge in [-0.05, 0) is 38.6 Å². The number of hydrogen-bond donors (Lipinski definition) is 2. The van der Waals surface area contributed by atoms with E-state index in [2.05, 4.69) is 24.3 Å². The molecule has 4 nitrogen and oxygen atoms in total. The van der Waals surface area contributed by atoms with Gasteiger partial charge in [0.05, 0.1) is 11.8 Å². The monoisotopic (exact) mass is 293 g/mol. The number of aryl methyl sites for hydroxylation is 2. The molecular weight excluding hydrogens is 270 g/mol. The number of nitrogens with zero attached hydrogens (tertiary/aromatic N) is 2. The quantitative estimate of drug-likeness (QED) is 0.861. The summed E-state index contributed by atoms with van der Waals surface area (Å²) in [5.41, 5.74) is 3.52.